The van der Waals surface area contributed by atoms with E-state index in [9.17, 15) is 0 Å². The third-order valence-corrected chi connectivity index (χ3v) is 3.48. The highest BCUT2D eigenvalue weighted by molar-refractivity contribution is 6.31. The van der Waals surface area contributed by atoms with Crippen LogP contribution in [-0.4, -0.2) is 11.9 Å². The maximum Gasteiger partial charge on any atom is 0.118 e. The molecule has 2 N–H and O–H groups in total. The van der Waals surface area contributed by atoms with Crippen LogP contribution >= 0.6 is 11.6 Å². The van der Waals surface area contributed by atoms with Crippen LogP contribution in [0.3, 0.4) is 0 Å². The summed E-state index contributed by atoms with van der Waals surface area (Å²) in [6, 6.07) is 9.94. The van der Waals surface area contributed by atoms with Crippen LogP contribution in [0.1, 0.15) is 22.6 Å². The van der Waals surface area contributed by atoms with Crippen LogP contribution in [-0.2, 0) is 19.6 Å². The second-order valence-corrected chi connectivity index (χ2v) is 5.17. The minimum absolute atomic E-state index is 0.440. The summed E-state index contributed by atoms with van der Waals surface area (Å²) in [6.07, 6.45) is 0. The molecule has 4 heteroatoms. The molecule has 1 aromatic heterocycles. The lowest BCUT2D eigenvalue weighted by molar-refractivity contribution is 0.316. The first-order valence-electron chi connectivity index (χ1n) is 6.30. The van der Waals surface area contributed by atoms with Crippen LogP contribution in [0.25, 0.3) is 0 Å². The van der Waals surface area contributed by atoms with E-state index in [2.05, 4.69) is 11.9 Å². The summed E-state index contributed by atoms with van der Waals surface area (Å²) in [5, 5.41) is 0.806. The van der Waals surface area contributed by atoms with Gasteiger partial charge >= 0.3 is 0 Å². The van der Waals surface area contributed by atoms with E-state index in [0.717, 1.165) is 35.2 Å². The Labute approximate surface area is 119 Å². The summed E-state index contributed by atoms with van der Waals surface area (Å²) < 4.78 is 5.56. The van der Waals surface area contributed by atoms with Gasteiger partial charge in [-0.25, -0.2) is 0 Å². The first-order chi connectivity index (χ1) is 9.10. The summed E-state index contributed by atoms with van der Waals surface area (Å²) in [7, 11) is 2.07. The van der Waals surface area contributed by atoms with Gasteiger partial charge in [0.15, 0.2) is 0 Å². The highest BCUT2D eigenvalue weighted by Crippen LogP contribution is 2.20. The molecule has 0 fully saturated rings. The van der Waals surface area contributed by atoms with Gasteiger partial charge in [-0.2, -0.15) is 0 Å². The second-order valence-electron chi connectivity index (χ2n) is 4.76. The summed E-state index contributed by atoms with van der Waals surface area (Å²) in [6.45, 7) is 4.04. The van der Waals surface area contributed by atoms with Crippen LogP contribution in [0, 0.1) is 6.92 Å². The molecule has 0 bridgehead atoms. The molecule has 3 nitrogen and oxygen atoms in total. The van der Waals surface area contributed by atoms with Gasteiger partial charge in [-0.1, -0.05) is 29.8 Å². The maximum absolute atomic E-state index is 6.17. The quantitative estimate of drug-likeness (QED) is 0.912. The van der Waals surface area contributed by atoms with Gasteiger partial charge in [-0.15, -0.1) is 0 Å². The normalized spacial score (nSPS) is 11.2. The number of furan rings is 1. The van der Waals surface area contributed by atoms with E-state index < -0.39 is 0 Å². The van der Waals surface area contributed by atoms with Gasteiger partial charge in [0.05, 0.1) is 6.54 Å². The Kier molecular flexibility index (Phi) is 4.64. The highest BCUT2D eigenvalue weighted by atomic mass is 35.5. The molecule has 0 amide bonds. The number of nitrogens with zero attached hydrogens (tertiary/aromatic N) is 1. The Morgan fingerprint density at radius 1 is 1.21 bits per heavy atom. The minimum atomic E-state index is 0.440. The Morgan fingerprint density at radius 2 is 1.89 bits per heavy atom. The van der Waals surface area contributed by atoms with Crippen molar-refractivity contribution in [3.05, 3.63) is 58.0 Å². The van der Waals surface area contributed by atoms with E-state index >= 15 is 0 Å². The molecule has 0 aliphatic carbocycles. The number of nitrogens with two attached hydrogens (primary N) is 1. The van der Waals surface area contributed by atoms with Crippen LogP contribution in [0.15, 0.2) is 34.7 Å². The average Bonchev–Trinajstić information content (AvgIpc) is 2.73. The fourth-order valence-electron chi connectivity index (χ4n) is 2.11. The van der Waals surface area contributed by atoms with E-state index in [4.69, 9.17) is 21.8 Å². The molecule has 0 aliphatic rings. The van der Waals surface area contributed by atoms with Gasteiger partial charge in [0.2, 0.25) is 0 Å². The standard InChI is InChI=1S/C15H19ClN2O/c1-11-13(7-14(8-17)19-11)10-18(2)9-12-5-3-4-6-15(12)16/h3-7H,8-10,17H2,1-2H3. The zero-order valence-corrected chi connectivity index (χ0v) is 12.1. The van der Waals surface area contributed by atoms with Crippen molar-refractivity contribution in [2.45, 2.75) is 26.6 Å². The molecule has 0 atom stereocenters. The molecule has 19 heavy (non-hydrogen) atoms. The van der Waals surface area contributed by atoms with Gasteiger partial charge < -0.3 is 10.2 Å². The van der Waals surface area contributed by atoms with E-state index in [0.29, 0.717) is 6.54 Å². The van der Waals surface area contributed by atoms with E-state index in [1.807, 2.05) is 37.3 Å². The van der Waals surface area contributed by atoms with Gasteiger partial charge in [-0.3, -0.25) is 4.90 Å². The number of hydrogen-bond acceptors (Lipinski definition) is 3. The monoisotopic (exact) mass is 278 g/mol. The Bertz CT molecular complexity index is 551. The molecule has 0 spiro atoms. The summed E-state index contributed by atoms with van der Waals surface area (Å²) >= 11 is 6.17. The van der Waals surface area contributed by atoms with Crippen molar-refractivity contribution in [3.8, 4) is 0 Å². The zero-order chi connectivity index (χ0) is 13.8. The molecule has 2 rings (SSSR count). The Hall–Kier alpha value is -1.29. The topological polar surface area (TPSA) is 42.4 Å². The van der Waals surface area contributed by atoms with Crippen molar-refractivity contribution in [2.75, 3.05) is 7.05 Å². The Morgan fingerprint density at radius 3 is 2.53 bits per heavy atom. The van der Waals surface area contributed by atoms with E-state index in [-0.39, 0.29) is 0 Å². The summed E-state index contributed by atoms with van der Waals surface area (Å²) in [5.74, 6) is 1.77. The fraction of sp³-hybridized carbons (Fsp3) is 0.333. The molecule has 1 heterocycles. The van der Waals surface area contributed by atoms with Crippen LogP contribution in [0.4, 0.5) is 0 Å². The molecular formula is C15H19ClN2O. The van der Waals surface area contributed by atoms with Gasteiger partial charge in [0.25, 0.3) is 0 Å². The lowest BCUT2D eigenvalue weighted by Crippen LogP contribution is -2.17. The largest absolute Gasteiger partial charge is 0.465 e. The number of aryl methyl sites for hydroxylation is 1. The van der Waals surface area contributed by atoms with Crippen LogP contribution in [0.5, 0.6) is 0 Å². The number of hydrogen-bond donors (Lipinski definition) is 1. The average molecular weight is 279 g/mol. The lowest BCUT2D eigenvalue weighted by Gasteiger charge is -2.17. The number of benzene rings is 1. The lowest BCUT2D eigenvalue weighted by atomic mass is 10.2. The van der Waals surface area contributed by atoms with Crippen molar-refractivity contribution < 1.29 is 4.42 Å². The van der Waals surface area contributed by atoms with Crippen molar-refractivity contribution in [2.24, 2.45) is 5.73 Å². The molecule has 102 valence electrons. The smallest absolute Gasteiger partial charge is 0.118 e. The SMILES string of the molecule is Cc1oc(CN)cc1CN(C)Cc1ccccc1Cl. The first-order valence-corrected chi connectivity index (χ1v) is 6.68. The van der Waals surface area contributed by atoms with Crippen molar-refractivity contribution >= 4 is 11.6 Å². The number of halogens is 1. The summed E-state index contributed by atoms with van der Waals surface area (Å²) in [4.78, 5) is 2.21. The molecule has 0 saturated heterocycles. The van der Waals surface area contributed by atoms with Gasteiger partial charge in [-0.05, 0) is 31.7 Å². The molecular weight excluding hydrogens is 260 g/mol. The maximum atomic E-state index is 6.17. The van der Waals surface area contributed by atoms with E-state index in [1.165, 1.54) is 5.56 Å². The summed E-state index contributed by atoms with van der Waals surface area (Å²) in [5.41, 5.74) is 7.89. The molecule has 0 radical (unpaired) electrons. The van der Waals surface area contributed by atoms with Crippen LogP contribution in [0.2, 0.25) is 5.02 Å². The molecule has 1 aromatic carbocycles. The van der Waals surface area contributed by atoms with Gasteiger partial charge in [0.1, 0.15) is 11.5 Å². The van der Waals surface area contributed by atoms with E-state index in [1.54, 1.807) is 0 Å². The Balaban J connectivity index is 2.03. The molecule has 0 unspecified atom stereocenters. The minimum Gasteiger partial charge on any atom is -0.465 e. The second kappa shape index (κ2) is 6.24. The molecule has 0 aliphatic heterocycles. The third kappa shape index (κ3) is 3.60. The predicted octanol–water partition coefficient (Wildman–Crippen LogP) is 3.33. The molecule has 0 saturated carbocycles. The molecule has 2 aromatic rings. The zero-order valence-electron chi connectivity index (χ0n) is 11.3. The fourth-order valence-corrected chi connectivity index (χ4v) is 2.30. The predicted molar refractivity (Wildman–Crippen MR) is 78.0 cm³/mol. The van der Waals surface area contributed by atoms with Crippen molar-refractivity contribution in [1.29, 1.82) is 0 Å². The first kappa shape index (κ1) is 14.1. The van der Waals surface area contributed by atoms with Crippen molar-refractivity contribution in [1.82, 2.24) is 4.90 Å². The van der Waals surface area contributed by atoms with Crippen molar-refractivity contribution in [3.63, 3.8) is 0 Å². The number of rotatable bonds is 5. The third-order valence-electron chi connectivity index (χ3n) is 3.11. The van der Waals surface area contributed by atoms with Crippen LogP contribution < -0.4 is 5.73 Å². The van der Waals surface area contributed by atoms with Gasteiger partial charge in [0, 0.05) is 23.7 Å². The highest BCUT2D eigenvalue weighted by Gasteiger charge is 2.10.